The smallest absolute Gasteiger partial charge is 0.305 e. The second kappa shape index (κ2) is 8.41. The number of aliphatic carboxylic acids is 1. The molecule has 22 heavy (non-hydrogen) atoms. The van der Waals surface area contributed by atoms with E-state index in [4.69, 9.17) is 9.84 Å². The highest BCUT2D eigenvalue weighted by Gasteiger charge is 2.16. The lowest BCUT2D eigenvalue weighted by Crippen LogP contribution is -2.38. The largest absolute Gasteiger partial charge is 0.484 e. The summed E-state index contributed by atoms with van der Waals surface area (Å²) in [5.41, 5.74) is 2.27. The fourth-order valence-electron chi connectivity index (χ4n) is 2.03. The molecule has 1 N–H and O–H groups in total. The van der Waals surface area contributed by atoms with Gasteiger partial charge in [0.2, 0.25) is 0 Å². The summed E-state index contributed by atoms with van der Waals surface area (Å²) in [6, 6.07) is 5.68. The molecule has 0 unspecified atom stereocenters. The first-order valence-electron chi connectivity index (χ1n) is 7.49. The van der Waals surface area contributed by atoms with Crippen molar-refractivity contribution in [2.24, 2.45) is 5.92 Å². The molecule has 0 aliphatic rings. The zero-order chi connectivity index (χ0) is 16.7. The van der Waals surface area contributed by atoms with E-state index in [0.717, 1.165) is 5.56 Å². The van der Waals surface area contributed by atoms with Crippen molar-refractivity contribution < 1.29 is 19.4 Å². The standard InChI is InChI=1S/C17H25NO4/c1-12(2)10-18(8-7-17(20)21)16(19)11-22-15-6-5-13(3)14(4)9-15/h5-6,9,12H,7-8,10-11H2,1-4H3,(H,20,21). The maximum absolute atomic E-state index is 12.2. The summed E-state index contributed by atoms with van der Waals surface area (Å²) in [6.07, 6.45) is -0.0535. The Morgan fingerprint density at radius 3 is 2.45 bits per heavy atom. The fraction of sp³-hybridized carbons (Fsp3) is 0.529. The molecule has 0 heterocycles. The van der Waals surface area contributed by atoms with Crippen LogP contribution in [0.2, 0.25) is 0 Å². The number of carboxylic acids is 1. The van der Waals surface area contributed by atoms with Crippen molar-refractivity contribution in [3.8, 4) is 5.75 Å². The first-order chi connectivity index (χ1) is 10.3. The lowest BCUT2D eigenvalue weighted by Gasteiger charge is -2.24. The van der Waals surface area contributed by atoms with E-state index in [-0.39, 0.29) is 31.4 Å². The molecule has 0 aromatic heterocycles. The zero-order valence-electron chi connectivity index (χ0n) is 13.8. The number of aryl methyl sites for hydroxylation is 2. The van der Waals surface area contributed by atoms with Crippen molar-refractivity contribution >= 4 is 11.9 Å². The van der Waals surface area contributed by atoms with Crippen LogP contribution in [0.1, 0.15) is 31.4 Å². The van der Waals surface area contributed by atoms with Crippen molar-refractivity contribution in [2.45, 2.75) is 34.1 Å². The summed E-state index contributed by atoms with van der Waals surface area (Å²) in [6.45, 7) is 8.65. The van der Waals surface area contributed by atoms with Crippen LogP contribution in [0.4, 0.5) is 0 Å². The molecule has 0 spiro atoms. The third kappa shape index (κ3) is 6.16. The number of nitrogens with zero attached hydrogens (tertiary/aromatic N) is 1. The first kappa shape index (κ1) is 18.0. The molecular formula is C17H25NO4. The first-order valence-corrected chi connectivity index (χ1v) is 7.49. The van der Waals surface area contributed by atoms with Gasteiger partial charge >= 0.3 is 5.97 Å². The van der Waals surface area contributed by atoms with Crippen molar-refractivity contribution in [2.75, 3.05) is 19.7 Å². The van der Waals surface area contributed by atoms with E-state index in [1.807, 2.05) is 45.9 Å². The number of benzene rings is 1. The Balaban J connectivity index is 2.61. The van der Waals surface area contributed by atoms with Gasteiger partial charge in [-0.3, -0.25) is 9.59 Å². The molecular weight excluding hydrogens is 282 g/mol. The highest BCUT2D eigenvalue weighted by Crippen LogP contribution is 2.16. The quantitative estimate of drug-likeness (QED) is 0.802. The molecule has 1 aromatic carbocycles. The molecule has 0 fully saturated rings. The van der Waals surface area contributed by atoms with Crippen LogP contribution in [-0.4, -0.2) is 41.6 Å². The molecule has 1 amide bonds. The Morgan fingerprint density at radius 1 is 1.23 bits per heavy atom. The summed E-state index contributed by atoms with van der Waals surface area (Å²) >= 11 is 0. The monoisotopic (exact) mass is 307 g/mol. The molecule has 0 saturated carbocycles. The van der Waals surface area contributed by atoms with Crippen LogP contribution in [0, 0.1) is 19.8 Å². The summed E-state index contributed by atoms with van der Waals surface area (Å²) in [5.74, 6) is -0.164. The average molecular weight is 307 g/mol. The number of carbonyl (C=O) groups is 2. The van der Waals surface area contributed by atoms with Gasteiger partial charge in [0, 0.05) is 13.1 Å². The van der Waals surface area contributed by atoms with E-state index < -0.39 is 5.97 Å². The average Bonchev–Trinajstić information content (AvgIpc) is 2.43. The zero-order valence-corrected chi connectivity index (χ0v) is 13.8. The predicted molar refractivity (Wildman–Crippen MR) is 85.1 cm³/mol. The van der Waals surface area contributed by atoms with Crippen LogP contribution in [0.3, 0.4) is 0 Å². The Labute approximate surface area is 131 Å². The van der Waals surface area contributed by atoms with Crippen LogP contribution in [0.15, 0.2) is 18.2 Å². The van der Waals surface area contributed by atoms with Gasteiger partial charge < -0.3 is 14.7 Å². The van der Waals surface area contributed by atoms with Crippen molar-refractivity contribution in [3.05, 3.63) is 29.3 Å². The molecule has 0 bridgehead atoms. The number of carboxylic acid groups (broad SMARTS) is 1. The maximum atomic E-state index is 12.2. The SMILES string of the molecule is Cc1ccc(OCC(=O)N(CCC(=O)O)CC(C)C)cc1C. The van der Waals surface area contributed by atoms with Gasteiger partial charge in [-0.2, -0.15) is 0 Å². The van der Waals surface area contributed by atoms with Gasteiger partial charge in [0.05, 0.1) is 6.42 Å². The van der Waals surface area contributed by atoms with Gasteiger partial charge in [0.15, 0.2) is 6.61 Å². The van der Waals surface area contributed by atoms with Crippen LogP contribution in [0.25, 0.3) is 0 Å². The van der Waals surface area contributed by atoms with Crippen LogP contribution >= 0.6 is 0 Å². The lowest BCUT2D eigenvalue weighted by molar-refractivity contribution is -0.139. The minimum Gasteiger partial charge on any atom is -0.484 e. The van der Waals surface area contributed by atoms with Crippen LogP contribution in [0.5, 0.6) is 5.75 Å². The van der Waals surface area contributed by atoms with E-state index in [1.54, 1.807) is 4.90 Å². The normalized spacial score (nSPS) is 10.6. The minimum absolute atomic E-state index is 0.0535. The van der Waals surface area contributed by atoms with E-state index in [9.17, 15) is 9.59 Å². The Hall–Kier alpha value is -2.04. The topological polar surface area (TPSA) is 66.8 Å². The predicted octanol–water partition coefficient (Wildman–Crippen LogP) is 2.64. The summed E-state index contributed by atoms with van der Waals surface area (Å²) < 4.78 is 5.53. The second-order valence-corrected chi connectivity index (χ2v) is 5.91. The van der Waals surface area contributed by atoms with E-state index in [2.05, 4.69) is 0 Å². The van der Waals surface area contributed by atoms with Crippen molar-refractivity contribution in [1.29, 1.82) is 0 Å². The molecule has 0 radical (unpaired) electrons. The maximum Gasteiger partial charge on any atom is 0.305 e. The van der Waals surface area contributed by atoms with Gasteiger partial charge in [-0.1, -0.05) is 19.9 Å². The Kier molecular flexibility index (Phi) is 6.89. The van der Waals surface area contributed by atoms with Crippen molar-refractivity contribution in [1.82, 2.24) is 4.90 Å². The number of carbonyl (C=O) groups excluding carboxylic acids is 1. The number of amides is 1. The van der Waals surface area contributed by atoms with Gasteiger partial charge in [-0.05, 0) is 43.0 Å². The number of hydrogen-bond acceptors (Lipinski definition) is 3. The van der Waals surface area contributed by atoms with E-state index >= 15 is 0 Å². The molecule has 0 aliphatic carbocycles. The highest BCUT2D eigenvalue weighted by atomic mass is 16.5. The summed E-state index contributed by atoms with van der Waals surface area (Å²) in [5, 5.41) is 8.77. The molecule has 0 atom stereocenters. The highest BCUT2D eigenvalue weighted by molar-refractivity contribution is 5.78. The van der Waals surface area contributed by atoms with Crippen molar-refractivity contribution in [3.63, 3.8) is 0 Å². The summed E-state index contributed by atoms with van der Waals surface area (Å²) in [7, 11) is 0. The molecule has 0 saturated heterocycles. The molecule has 5 nitrogen and oxygen atoms in total. The van der Waals surface area contributed by atoms with E-state index in [1.165, 1.54) is 5.56 Å². The molecule has 1 rings (SSSR count). The second-order valence-electron chi connectivity index (χ2n) is 5.91. The number of hydrogen-bond donors (Lipinski definition) is 1. The summed E-state index contributed by atoms with van der Waals surface area (Å²) in [4.78, 5) is 24.5. The fourth-order valence-corrected chi connectivity index (χ4v) is 2.03. The van der Waals surface area contributed by atoms with Gasteiger partial charge in [-0.15, -0.1) is 0 Å². The molecule has 0 aliphatic heterocycles. The van der Waals surface area contributed by atoms with Gasteiger partial charge in [0.25, 0.3) is 5.91 Å². The molecule has 1 aromatic rings. The Bertz CT molecular complexity index is 525. The van der Waals surface area contributed by atoms with Crippen LogP contribution in [-0.2, 0) is 9.59 Å². The van der Waals surface area contributed by atoms with Gasteiger partial charge in [0.1, 0.15) is 5.75 Å². The lowest BCUT2D eigenvalue weighted by atomic mass is 10.1. The number of ether oxygens (including phenoxy) is 1. The van der Waals surface area contributed by atoms with E-state index in [0.29, 0.717) is 12.3 Å². The Morgan fingerprint density at radius 2 is 1.91 bits per heavy atom. The third-order valence-electron chi connectivity index (χ3n) is 3.37. The third-order valence-corrected chi connectivity index (χ3v) is 3.37. The minimum atomic E-state index is -0.906. The van der Waals surface area contributed by atoms with Crippen LogP contribution < -0.4 is 4.74 Å². The molecule has 5 heteroatoms. The van der Waals surface area contributed by atoms with Gasteiger partial charge in [-0.25, -0.2) is 0 Å². The molecule has 122 valence electrons. The number of rotatable bonds is 8.